The van der Waals surface area contributed by atoms with Crippen molar-refractivity contribution in [3.63, 3.8) is 0 Å². The molecule has 0 fully saturated rings. The summed E-state index contributed by atoms with van der Waals surface area (Å²) in [6, 6.07) is -0.692. The molecule has 0 heterocycles. The molecule has 0 saturated heterocycles. The van der Waals surface area contributed by atoms with Gasteiger partial charge in [0.15, 0.2) is 5.78 Å². The number of nitrogens with one attached hydrogen (secondary N) is 1. The zero-order chi connectivity index (χ0) is 13.4. The van der Waals surface area contributed by atoms with Gasteiger partial charge in [-0.3, -0.25) is 9.59 Å². The highest BCUT2D eigenvalue weighted by Gasteiger charge is 2.35. The van der Waals surface area contributed by atoms with Crippen molar-refractivity contribution in [1.29, 1.82) is 0 Å². The third kappa shape index (κ3) is 6.55. The maximum Gasteiger partial charge on any atom is 0.217 e. The fourth-order valence-corrected chi connectivity index (χ4v) is 1.64. The van der Waals surface area contributed by atoms with Crippen molar-refractivity contribution in [2.45, 2.75) is 52.3 Å². The zero-order valence-corrected chi connectivity index (χ0v) is 11.5. The number of carbonyl (C=O) groups is 2. The monoisotopic (exact) mass is 248 g/mol. The molecule has 1 unspecified atom stereocenters. The molecule has 94 valence electrons. The highest BCUT2D eigenvalue weighted by atomic mass is 32.2. The lowest BCUT2D eigenvalue weighted by atomic mass is 9.99. The van der Waals surface area contributed by atoms with E-state index in [4.69, 9.17) is 0 Å². The molecule has 6 heteroatoms. The Morgan fingerprint density at radius 3 is 1.94 bits per heavy atom. The Morgan fingerprint density at radius 2 is 1.69 bits per heavy atom. The van der Waals surface area contributed by atoms with Gasteiger partial charge in [0, 0.05) is 23.5 Å². The second-order valence-electron chi connectivity index (χ2n) is 3.51. The average Bonchev–Trinajstić information content (AvgIpc) is 2.16. The van der Waals surface area contributed by atoms with Gasteiger partial charge in [0.2, 0.25) is 5.91 Å². The van der Waals surface area contributed by atoms with Gasteiger partial charge >= 0.3 is 0 Å². The predicted molar refractivity (Wildman–Crippen MR) is 67.1 cm³/mol. The standard InChI is InChI=1S/C8H14N2O3S.C2H6/c1-5(11)7(9-6(2)12)8(3,4)14-10-13;1-2/h7H,1-4H3,(H,9,12);1-2H3. The van der Waals surface area contributed by atoms with Crippen molar-refractivity contribution in [2.75, 3.05) is 0 Å². The first-order valence-electron chi connectivity index (χ1n) is 5.09. The van der Waals surface area contributed by atoms with Crippen LogP contribution in [0, 0.1) is 4.91 Å². The Morgan fingerprint density at radius 1 is 1.25 bits per heavy atom. The highest BCUT2D eigenvalue weighted by Crippen LogP contribution is 2.29. The number of ketones is 1. The number of nitrogens with zero attached hydrogens (tertiary/aromatic N) is 1. The molecule has 0 aromatic heterocycles. The van der Waals surface area contributed by atoms with Gasteiger partial charge in [-0.25, -0.2) is 0 Å². The Bertz CT molecular complexity index is 254. The minimum Gasteiger partial charge on any atom is -0.345 e. The van der Waals surface area contributed by atoms with Crippen LogP contribution in [0.25, 0.3) is 0 Å². The molecule has 1 atom stereocenters. The van der Waals surface area contributed by atoms with Crippen molar-refractivity contribution < 1.29 is 9.59 Å². The van der Waals surface area contributed by atoms with Gasteiger partial charge in [-0.05, 0) is 20.8 Å². The van der Waals surface area contributed by atoms with E-state index in [-0.39, 0.29) is 11.7 Å². The number of hydrogen-bond acceptors (Lipinski definition) is 5. The normalized spacial score (nSPS) is 11.9. The number of hydrogen-bond donors (Lipinski definition) is 1. The molecule has 1 amide bonds. The van der Waals surface area contributed by atoms with E-state index in [0.717, 1.165) is 11.9 Å². The fourth-order valence-electron chi connectivity index (χ4n) is 1.12. The van der Waals surface area contributed by atoms with Gasteiger partial charge in [-0.15, -0.1) is 4.91 Å². The number of amides is 1. The summed E-state index contributed by atoms with van der Waals surface area (Å²) in [6.45, 7) is 10.1. The van der Waals surface area contributed by atoms with Gasteiger partial charge in [-0.1, -0.05) is 13.8 Å². The van der Waals surface area contributed by atoms with E-state index in [1.54, 1.807) is 13.8 Å². The third-order valence-electron chi connectivity index (χ3n) is 1.72. The Labute approximate surface area is 101 Å². The van der Waals surface area contributed by atoms with Gasteiger partial charge in [-0.2, -0.15) is 0 Å². The molecule has 0 saturated carbocycles. The molecule has 0 radical (unpaired) electrons. The lowest BCUT2D eigenvalue weighted by Crippen LogP contribution is -2.50. The molecule has 0 aromatic carbocycles. The van der Waals surface area contributed by atoms with Gasteiger partial charge < -0.3 is 5.32 Å². The first-order valence-corrected chi connectivity index (χ1v) is 5.87. The molecule has 16 heavy (non-hydrogen) atoms. The van der Waals surface area contributed by atoms with Gasteiger partial charge in [0.05, 0.1) is 4.75 Å². The SMILES string of the molecule is CC.CC(=O)NC(C(C)=O)C(C)(C)SN=O. The lowest BCUT2D eigenvalue weighted by Gasteiger charge is -2.28. The van der Waals surface area contributed by atoms with E-state index in [1.165, 1.54) is 13.8 Å². The highest BCUT2D eigenvalue weighted by molar-refractivity contribution is 7.99. The second kappa shape index (κ2) is 8.27. The van der Waals surface area contributed by atoms with Crippen LogP contribution in [-0.4, -0.2) is 22.5 Å². The van der Waals surface area contributed by atoms with Crippen molar-refractivity contribution in [3.05, 3.63) is 4.91 Å². The molecule has 0 aliphatic rings. The van der Waals surface area contributed by atoms with Crippen LogP contribution in [0.3, 0.4) is 0 Å². The largest absolute Gasteiger partial charge is 0.345 e. The summed E-state index contributed by atoms with van der Waals surface area (Å²) < 4.78 is 1.96. The fraction of sp³-hybridized carbons (Fsp3) is 0.800. The summed E-state index contributed by atoms with van der Waals surface area (Å²) >= 11 is 0.746. The van der Waals surface area contributed by atoms with Gasteiger partial charge in [0.25, 0.3) is 0 Å². The van der Waals surface area contributed by atoms with Gasteiger partial charge in [0.1, 0.15) is 6.04 Å². The Kier molecular flexibility index (Phi) is 9.03. The smallest absolute Gasteiger partial charge is 0.217 e. The number of Topliss-reactive ketones (excluding diaryl/α,β-unsaturated/α-hetero) is 1. The average molecular weight is 248 g/mol. The summed E-state index contributed by atoms with van der Waals surface area (Å²) in [5.41, 5.74) is 0. The maximum atomic E-state index is 11.2. The van der Waals surface area contributed by atoms with E-state index in [2.05, 4.69) is 9.90 Å². The summed E-state index contributed by atoms with van der Waals surface area (Å²) in [4.78, 5) is 32.2. The van der Waals surface area contributed by atoms with Crippen LogP contribution in [0.2, 0.25) is 0 Å². The minimum absolute atomic E-state index is 0.193. The topological polar surface area (TPSA) is 75.6 Å². The second-order valence-corrected chi connectivity index (χ2v) is 4.90. The van der Waals surface area contributed by atoms with E-state index in [0.29, 0.717) is 0 Å². The number of carbonyl (C=O) groups excluding carboxylic acids is 2. The van der Waals surface area contributed by atoms with E-state index < -0.39 is 10.8 Å². The quantitative estimate of drug-likeness (QED) is 0.598. The number of rotatable bonds is 5. The van der Waals surface area contributed by atoms with Crippen LogP contribution in [0.5, 0.6) is 0 Å². The first-order chi connectivity index (χ1) is 7.31. The Hall–Kier alpha value is -0.910. The maximum absolute atomic E-state index is 11.2. The molecule has 0 aromatic rings. The van der Waals surface area contributed by atoms with Crippen molar-refractivity contribution in [3.8, 4) is 0 Å². The van der Waals surface area contributed by atoms with Crippen LogP contribution in [0.4, 0.5) is 0 Å². The molecule has 0 bridgehead atoms. The molecular formula is C10H20N2O3S. The molecular weight excluding hydrogens is 228 g/mol. The van der Waals surface area contributed by atoms with E-state index in [1.807, 2.05) is 13.8 Å². The van der Waals surface area contributed by atoms with Crippen LogP contribution >= 0.6 is 11.9 Å². The van der Waals surface area contributed by atoms with Crippen LogP contribution in [-0.2, 0) is 9.59 Å². The van der Waals surface area contributed by atoms with Crippen molar-refractivity contribution in [1.82, 2.24) is 5.32 Å². The number of nitroso groups, excluding NO2 is 1. The van der Waals surface area contributed by atoms with Crippen LogP contribution in [0.1, 0.15) is 41.5 Å². The first kappa shape index (κ1) is 17.5. The van der Waals surface area contributed by atoms with Crippen LogP contribution < -0.4 is 5.32 Å². The zero-order valence-electron chi connectivity index (χ0n) is 10.7. The summed E-state index contributed by atoms with van der Waals surface area (Å²) in [7, 11) is 0. The third-order valence-corrected chi connectivity index (χ3v) is 2.50. The Balaban J connectivity index is 0. The van der Waals surface area contributed by atoms with E-state index >= 15 is 0 Å². The summed E-state index contributed by atoms with van der Waals surface area (Å²) in [5.74, 6) is -0.494. The molecule has 0 rings (SSSR count). The molecule has 5 nitrogen and oxygen atoms in total. The predicted octanol–water partition coefficient (Wildman–Crippen LogP) is 2.30. The van der Waals surface area contributed by atoms with E-state index in [9.17, 15) is 14.5 Å². The van der Waals surface area contributed by atoms with Crippen LogP contribution in [0.15, 0.2) is 4.58 Å². The van der Waals surface area contributed by atoms with Crippen molar-refractivity contribution in [2.24, 2.45) is 4.58 Å². The molecule has 0 spiro atoms. The molecule has 1 N–H and O–H groups in total. The molecule has 0 aliphatic heterocycles. The lowest BCUT2D eigenvalue weighted by molar-refractivity contribution is -0.126. The summed E-state index contributed by atoms with van der Waals surface area (Å²) in [5, 5.41) is 2.50. The van der Waals surface area contributed by atoms with Crippen molar-refractivity contribution >= 4 is 23.6 Å². The summed E-state index contributed by atoms with van der Waals surface area (Å²) in [6.07, 6.45) is 0. The minimum atomic E-state index is -0.723. The molecule has 0 aliphatic carbocycles.